The Labute approximate surface area is 83.4 Å². The number of fused-ring (bicyclic) bond motifs is 1. The number of aromatic carboxylic acids is 1. The Balaban J connectivity index is 2.57. The Hall–Kier alpha value is -2.11. The number of Topliss-reactive ketones (excluding diaryl/α,β-unsaturated/α-hetero) is 1. The van der Waals surface area contributed by atoms with Gasteiger partial charge in [-0.15, -0.1) is 0 Å². The fourth-order valence-corrected chi connectivity index (χ4v) is 1.20. The Kier molecular flexibility index (Phi) is 2.03. The Bertz CT molecular complexity index is 536. The second-order valence-corrected chi connectivity index (χ2v) is 2.92. The predicted molar refractivity (Wildman–Crippen MR) is 47.9 cm³/mol. The first-order chi connectivity index (χ1) is 7.13. The molecule has 1 N–H and O–H groups in total. The zero-order chi connectivity index (χ0) is 11.0. The van der Waals surface area contributed by atoms with Gasteiger partial charge in [-0.1, -0.05) is 12.1 Å². The monoisotopic (exact) mass is 209 g/mol. The maximum atomic E-state index is 11.3. The molecule has 0 atom stereocenters. The van der Waals surface area contributed by atoms with Crippen molar-refractivity contribution in [3.8, 4) is 0 Å². The van der Waals surface area contributed by atoms with Gasteiger partial charge in [0, 0.05) is 12.5 Å². The molecular weight excluding hydrogens is 202 g/mol. The molecule has 0 aromatic carbocycles. The van der Waals surface area contributed by atoms with E-state index in [-0.39, 0.29) is 34.8 Å². The largest absolute Gasteiger partial charge is 0.475 e. The van der Waals surface area contributed by atoms with Crippen LogP contribution >= 0.6 is 0 Å². The van der Waals surface area contributed by atoms with Gasteiger partial charge in [-0.3, -0.25) is 4.79 Å². The molecule has 2 aromatic rings. The van der Waals surface area contributed by atoms with E-state index >= 15 is 0 Å². The summed E-state index contributed by atoms with van der Waals surface area (Å²) in [7, 11) is 0. The highest BCUT2D eigenvalue weighted by molar-refractivity contribution is 6.01. The summed E-state index contributed by atoms with van der Waals surface area (Å²) in [6.45, 7) is 1.69. The van der Waals surface area contributed by atoms with E-state index in [1.54, 1.807) is 6.92 Å². The van der Waals surface area contributed by atoms with Crippen LogP contribution in [0.2, 0.25) is 0 Å². The lowest BCUT2D eigenvalue weighted by Crippen LogP contribution is -1.94. The first-order valence-corrected chi connectivity index (χ1v) is 4.29. The molecule has 0 aliphatic rings. The van der Waals surface area contributed by atoms with Crippen molar-refractivity contribution in [3.63, 3.8) is 0 Å². The van der Waals surface area contributed by atoms with Crippen LogP contribution in [0.25, 0.3) is 11.1 Å². The second-order valence-electron chi connectivity index (χ2n) is 2.92. The SMILES string of the molecule is CCC(=O)c1cc2noc(C(=O)O)c2o1. The van der Waals surface area contributed by atoms with Gasteiger partial charge < -0.3 is 14.0 Å². The topological polar surface area (TPSA) is 93.5 Å². The summed E-state index contributed by atoms with van der Waals surface area (Å²) in [6.07, 6.45) is 0.287. The number of carbonyl (C=O) groups is 2. The predicted octanol–water partition coefficient (Wildman–Crippen LogP) is 1.71. The van der Waals surface area contributed by atoms with Crippen molar-refractivity contribution < 1.29 is 23.6 Å². The van der Waals surface area contributed by atoms with Crippen LogP contribution in [0, 0.1) is 0 Å². The van der Waals surface area contributed by atoms with Gasteiger partial charge in [0.1, 0.15) is 0 Å². The highest BCUT2D eigenvalue weighted by Crippen LogP contribution is 2.23. The standard InChI is InChI=1S/C9H7NO5/c1-2-5(11)6-3-4-7(14-6)8(9(12)13)15-10-4/h3H,2H2,1H3,(H,12,13). The maximum Gasteiger partial charge on any atom is 0.378 e. The summed E-state index contributed by atoms with van der Waals surface area (Å²) in [5.41, 5.74) is 0.239. The lowest BCUT2D eigenvalue weighted by atomic mass is 10.2. The first-order valence-electron chi connectivity index (χ1n) is 4.29. The lowest BCUT2D eigenvalue weighted by molar-refractivity contribution is 0.0652. The Morgan fingerprint density at radius 3 is 2.87 bits per heavy atom. The van der Waals surface area contributed by atoms with Crippen molar-refractivity contribution >= 4 is 22.9 Å². The van der Waals surface area contributed by atoms with Gasteiger partial charge in [0.2, 0.25) is 5.58 Å². The van der Waals surface area contributed by atoms with Crippen molar-refractivity contribution in [2.45, 2.75) is 13.3 Å². The first kappa shape index (κ1) is 9.45. The van der Waals surface area contributed by atoms with Gasteiger partial charge in [-0.25, -0.2) is 4.79 Å². The Morgan fingerprint density at radius 1 is 1.53 bits per heavy atom. The summed E-state index contributed by atoms with van der Waals surface area (Å²) in [4.78, 5) is 21.9. The number of aromatic nitrogens is 1. The highest BCUT2D eigenvalue weighted by atomic mass is 16.5. The number of carboxylic acids is 1. The van der Waals surface area contributed by atoms with Crippen LogP contribution in [-0.2, 0) is 0 Å². The van der Waals surface area contributed by atoms with E-state index in [0.717, 1.165) is 0 Å². The van der Waals surface area contributed by atoms with Crippen LogP contribution in [0.5, 0.6) is 0 Å². The molecule has 0 radical (unpaired) electrons. The average Bonchev–Trinajstić information content (AvgIpc) is 2.73. The van der Waals surface area contributed by atoms with Crippen LogP contribution < -0.4 is 0 Å². The molecular formula is C9H7NO5. The molecule has 78 valence electrons. The molecule has 0 unspecified atom stereocenters. The van der Waals surface area contributed by atoms with Crippen molar-refractivity contribution in [3.05, 3.63) is 17.6 Å². The summed E-state index contributed by atoms with van der Waals surface area (Å²) in [5, 5.41) is 12.2. The summed E-state index contributed by atoms with van der Waals surface area (Å²) in [5.74, 6) is -1.76. The molecule has 2 rings (SSSR count). The van der Waals surface area contributed by atoms with Crippen molar-refractivity contribution in [2.75, 3.05) is 0 Å². The highest BCUT2D eigenvalue weighted by Gasteiger charge is 2.22. The van der Waals surface area contributed by atoms with Crippen LogP contribution in [0.15, 0.2) is 15.0 Å². The van der Waals surface area contributed by atoms with E-state index in [4.69, 9.17) is 9.52 Å². The summed E-state index contributed by atoms with van der Waals surface area (Å²) < 4.78 is 9.60. The van der Waals surface area contributed by atoms with Crippen molar-refractivity contribution in [1.82, 2.24) is 5.16 Å². The zero-order valence-electron chi connectivity index (χ0n) is 7.81. The zero-order valence-corrected chi connectivity index (χ0v) is 7.81. The van der Waals surface area contributed by atoms with Crippen molar-refractivity contribution in [1.29, 1.82) is 0 Å². The molecule has 2 aromatic heterocycles. The number of hydrogen-bond acceptors (Lipinski definition) is 5. The minimum Gasteiger partial charge on any atom is -0.475 e. The third kappa shape index (κ3) is 1.39. The van der Waals surface area contributed by atoms with Crippen LogP contribution in [0.4, 0.5) is 0 Å². The number of nitrogens with zero attached hydrogens (tertiary/aromatic N) is 1. The van der Waals surface area contributed by atoms with Gasteiger partial charge in [0.15, 0.2) is 17.1 Å². The molecule has 0 bridgehead atoms. The fraction of sp³-hybridized carbons (Fsp3) is 0.222. The maximum absolute atomic E-state index is 11.3. The Morgan fingerprint density at radius 2 is 2.27 bits per heavy atom. The van der Waals surface area contributed by atoms with Gasteiger partial charge >= 0.3 is 5.97 Å². The van der Waals surface area contributed by atoms with Crippen LogP contribution in [-0.4, -0.2) is 22.0 Å². The number of rotatable bonds is 3. The van der Waals surface area contributed by atoms with E-state index < -0.39 is 5.97 Å². The number of hydrogen-bond donors (Lipinski definition) is 1. The summed E-state index contributed by atoms with van der Waals surface area (Å²) in [6, 6.07) is 1.37. The summed E-state index contributed by atoms with van der Waals surface area (Å²) >= 11 is 0. The number of carbonyl (C=O) groups excluding carboxylic acids is 1. The minimum atomic E-state index is -1.28. The normalized spacial score (nSPS) is 10.7. The molecule has 0 saturated heterocycles. The number of ketones is 1. The molecule has 0 saturated carbocycles. The number of carboxylic acid groups (broad SMARTS) is 1. The quantitative estimate of drug-likeness (QED) is 0.773. The van der Waals surface area contributed by atoms with Crippen molar-refractivity contribution in [2.24, 2.45) is 0 Å². The molecule has 6 nitrogen and oxygen atoms in total. The third-order valence-corrected chi connectivity index (χ3v) is 1.94. The smallest absolute Gasteiger partial charge is 0.378 e. The molecule has 0 spiro atoms. The number of furan rings is 1. The molecule has 0 fully saturated rings. The lowest BCUT2D eigenvalue weighted by Gasteiger charge is -1.88. The second kappa shape index (κ2) is 3.23. The van der Waals surface area contributed by atoms with Gasteiger partial charge in [-0.05, 0) is 0 Å². The molecule has 0 aliphatic carbocycles. The molecule has 6 heteroatoms. The van der Waals surface area contributed by atoms with E-state index in [9.17, 15) is 9.59 Å². The van der Waals surface area contributed by atoms with Crippen LogP contribution in [0.1, 0.15) is 34.5 Å². The molecule has 15 heavy (non-hydrogen) atoms. The average molecular weight is 209 g/mol. The van der Waals surface area contributed by atoms with E-state index in [1.165, 1.54) is 6.07 Å². The van der Waals surface area contributed by atoms with Gasteiger partial charge in [0.05, 0.1) is 0 Å². The molecule has 2 heterocycles. The van der Waals surface area contributed by atoms with E-state index in [1.807, 2.05) is 0 Å². The van der Waals surface area contributed by atoms with Gasteiger partial charge in [-0.2, -0.15) is 0 Å². The molecule has 0 amide bonds. The van der Waals surface area contributed by atoms with Crippen LogP contribution in [0.3, 0.4) is 0 Å². The van der Waals surface area contributed by atoms with E-state index in [2.05, 4.69) is 9.68 Å². The van der Waals surface area contributed by atoms with E-state index in [0.29, 0.717) is 0 Å². The fourth-order valence-electron chi connectivity index (χ4n) is 1.20. The third-order valence-electron chi connectivity index (χ3n) is 1.94. The van der Waals surface area contributed by atoms with Gasteiger partial charge in [0.25, 0.3) is 5.76 Å². The minimum absolute atomic E-state index is 0.000648. The molecule has 0 aliphatic heterocycles.